The summed E-state index contributed by atoms with van der Waals surface area (Å²) in [6, 6.07) is 3.22. The van der Waals surface area contributed by atoms with Gasteiger partial charge in [-0.1, -0.05) is 13.8 Å². The van der Waals surface area contributed by atoms with E-state index in [1.54, 1.807) is 18.2 Å². The minimum Gasteiger partial charge on any atom is -0.463 e. The Labute approximate surface area is 94.5 Å². The van der Waals surface area contributed by atoms with Crippen molar-refractivity contribution < 1.29 is 19.1 Å². The molecule has 4 heteroatoms. The van der Waals surface area contributed by atoms with Gasteiger partial charge in [-0.15, -0.1) is 0 Å². The van der Waals surface area contributed by atoms with Crippen LogP contribution < -0.4 is 0 Å². The van der Waals surface area contributed by atoms with E-state index in [1.165, 1.54) is 7.11 Å². The fraction of sp³-hybridized carbons (Fsp3) is 0.417. The van der Waals surface area contributed by atoms with Gasteiger partial charge in [0, 0.05) is 0 Å². The first-order chi connectivity index (χ1) is 7.58. The summed E-state index contributed by atoms with van der Waals surface area (Å²) in [5, 5.41) is 9.12. The number of rotatable bonds is 4. The van der Waals surface area contributed by atoms with Crippen LogP contribution >= 0.6 is 0 Å². The second kappa shape index (κ2) is 5.51. The van der Waals surface area contributed by atoms with E-state index in [-0.39, 0.29) is 18.3 Å². The van der Waals surface area contributed by atoms with Gasteiger partial charge >= 0.3 is 5.97 Å². The fourth-order valence-corrected chi connectivity index (χ4v) is 1.22. The van der Waals surface area contributed by atoms with Crippen molar-refractivity contribution in [3.63, 3.8) is 0 Å². The Hall–Kier alpha value is -1.55. The second-order valence-electron chi connectivity index (χ2n) is 3.73. The molecule has 16 heavy (non-hydrogen) atoms. The number of hydrogen-bond acceptors (Lipinski definition) is 4. The number of ether oxygens (including phenoxy) is 1. The highest BCUT2D eigenvalue weighted by Crippen LogP contribution is 2.16. The van der Waals surface area contributed by atoms with Crippen LogP contribution in [-0.4, -0.2) is 24.8 Å². The molecule has 1 aromatic rings. The smallest absolute Gasteiger partial charge is 0.373 e. The third-order valence-corrected chi connectivity index (χ3v) is 2.27. The molecule has 1 heterocycles. The van der Waals surface area contributed by atoms with E-state index in [0.717, 1.165) is 5.57 Å². The maximum atomic E-state index is 11.1. The molecule has 1 aromatic heterocycles. The van der Waals surface area contributed by atoms with E-state index in [4.69, 9.17) is 9.52 Å². The minimum atomic E-state index is -0.505. The Bertz CT molecular complexity index is 387. The molecule has 0 radical (unpaired) electrons. The number of carbonyl (C=O) groups excluding carboxylic acids is 1. The van der Waals surface area contributed by atoms with Crippen molar-refractivity contribution in [3.05, 3.63) is 29.2 Å². The van der Waals surface area contributed by atoms with Crippen LogP contribution in [0.15, 0.2) is 22.1 Å². The van der Waals surface area contributed by atoms with Gasteiger partial charge in [-0.25, -0.2) is 4.79 Å². The molecule has 0 aromatic carbocycles. The summed E-state index contributed by atoms with van der Waals surface area (Å²) in [6.45, 7) is 3.93. The number of carbonyl (C=O) groups is 1. The van der Waals surface area contributed by atoms with E-state index in [1.807, 2.05) is 13.8 Å². The maximum absolute atomic E-state index is 11.1. The number of furan rings is 1. The van der Waals surface area contributed by atoms with Crippen LogP contribution in [0.25, 0.3) is 6.08 Å². The third-order valence-electron chi connectivity index (χ3n) is 2.27. The van der Waals surface area contributed by atoms with Gasteiger partial charge in [-0.3, -0.25) is 0 Å². The number of aliphatic hydroxyl groups is 1. The third kappa shape index (κ3) is 2.97. The molecule has 0 aliphatic carbocycles. The summed E-state index contributed by atoms with van der Waals surface area (Å²) in [5.74, 6) is 0.430. The molecule has 88 valence electrons. The van der Waals surface area contributed by atoms with Crippen molar-refractivity contribution >= 4 is 12.0 Å². The topological polar surface area (TPSA) is 59.7 Å². The van der Waals surface area contributed by atoms with Crippen molar-refractivity contribution in [3.8, 4) is 0 Å². The highest BCUT2D eigenvalue weighted by Gasteiger charge is 2.10. The van der Waals surface area contributed by atoms with Crippen LogP contribution in [0.3, 0.4) is 0 Å². The molecule has 0 aliphatic rings. The lowest BCUT2D eigenvalue weighted by Crippen LogP contribution is -1.99. The van der Waals surface area contributed by atoms with E-state index in [0.29, 0.717) is 5.76 Å². The van der Waals surface area contributed by atoms with Gasteiger partial charge in [-0.2, -0.15) is 0 Å². The Morgan fingerprint density at radius 1 is 1.56 bits per heavy atom. The lowest BCUT2D eigenvalue weighted by molar-refractivity contribution is 0.0564. The molecule has 0 amide bonds. The predicted octanol–water partition coefficient (Wildman–Crippen LogP) is 2.10. The lowest BCUT2D eigenvalue weighted by atomic mass is 10.0. The number of aliphatic hydroxyl groups excluding tert-OH is 1. The minimum absolute atomic E-state index is 0.0219. The van der Waals surface area contributed by atoms with Gasteiger partial charge in [0.2, 0.25) is 5.76 Å². The van der Waals surface area contributed by atoms with Gasteiger partial charge in [0.25, 0.3) is 0 Å². The average molecular weight is 224 g/mol. The quantitative estimate of drug-likeness (QED) is 0.795. The van der Waals surface area contributed by atoms with E-state index in [2.05, 4.69) is 4.74 Å². The summed E-state index contributed by atoms with van der Waals surface area (Å²) in [5.41, 5.74) is 0.853. The summed E-state index contributed by atoms with van der Waals surface area (Å²) in [6.07, 6.45) is 1.73. The Kier molecular flexibility index (Phi) is 4.31. The van der Waals surface area contributed by atoms with Crippen LogP contribution in [0.1, 0.15) is 30.2 Å². The largest absolute Gasteiger partial charge is 0.463 e. The predicted molar refractivity (Wildman–Crippen MR) is 59.9 cm³/mol. The van der Waals surface area contributed by atoms with Gasteiger partial charge in [-0.05, 0) is 29.7 Å². The lowest BCUT2D eigenvalue weighted by Gasteiger charge is -2.06. The molecule has 0 saturated heterocycles. The maximum Gasteiger partial charge on any atom is 0.373 e. The summed E-state index contributed by atoms with van der Waals surface area (Å²) >= 11 is 0. The zero-order valence-corrected chi connectivity index (χ0v) is 9.69. The number of hydrogen-bond donors (Lipinski definition) is 1. The highest BCUT2D eigenvalue weighted by molar-refractivity contribution is 5.86. The molecule has 0 aliphatic heterocycles. The summed E-state index contributed by atoms with van der Waals surface area (Å²) < 4.78 is 9.78. The normalized spacial score (nSPS) is 11.9. The van der Waals surface area contributed by atoms with Crippen LogP contribution in [0.4, 0.5) is 0 Å². The molecule has 4 nitrogen and oxygen atoms in total. The molecular formula is C12H16O4. The monoisotopic (exact) mass is 224 g/mol. The molecule has 0 atom stereocenters. The Morgan fingerprint density at radius 2 is 2.25 bits per heavy atom. The van der Waals surface area contributed by atoms with Gasteiger partial charge < -0.3 is 14.3 Å². The van der Waals surface area contributed by atoms with E-state index < -0.39 is 5.97 Å². The van der Waals surface area contributed by atoms with Crippen LogP contribution in [0.2, 0.25) is 0 Å². The molecule has 1 N–H and O–H groups in total. The Morgan fingerprint density at radius 3 is 2.75 bits per heavy atom. The summed E-state index contributed by atoms with van der Waals surface area (Å²) in [7, 11) is 1.30. The van der Waals surface area contributed by atoms with Crippen LogP contribution in [-0.2, 0) is 4.74 Å². The zero-order valence-electron chi connectivity index (χ0n) is 9.69. The fourth-order valence-electron chi connectivity index (χ4n) is 1.22. The van der Waals surface area contributed by atoms with Gasteiger partial charge in [0.1, 0.15) is 5.76 Å². The average Bonchev–Trinajstić information content (AvgIpc) is 2.72. The zero-order chi connectivity index (χ0) is 12.1. The van der Waals surface area contributed by atoms with Crippen molar-refractivity contribution in [2.24, 2.45) is 5.92 Å². The second-order valence-corrected chi connectivity index (χ2v) is 3.73. The Balaban J connectivity index is 2.90. The molecule has 0 saturated carbocycles. The summed E-state index contributed by atoms with van der Waals surface area (Å²) in [4.78, 5) is 11.1. The molecule has 0 bridgehead atoms. The molecule has 1 rings (SSSR count). The van der Waals surface area contributed by atoms with Crippen molar-refractivity contribution in [1.82, 2.24) is 0 Å². The molecule has 0 spiro atoms. The highest BCUT2D eigenvalue weighted by atomic mass is 16.5. The van der Waals surface area contributed by atoms with Crippen molar-refractivity contribution in [1.29, 1.82) is 0 Å². The van der Waals surface area contributed by atoms with Crippen molar-refractivity contribution in [2.45, 2.75) is 13.8 Å². The molecular weight excluding hydrogens is 208 g/mol. The van der Waals surface area contributed by atoms with Gasteiger partial charge in [0.05, 0.1) is 13.7 Å². The van der Waals surface area contributed by atoms with Crippen LogP contribution in [0.5, 0.6) is 0 Å². The molecule has 0 unspecified atom stereocenters. The molecule has 0 fully saturated rings. The van der Waals surface area contributed by atoms with Gasteiger partial charge in [0.15, 0.2) is 0 Å². The van der Waals surface area contributed by atoms with Crippen molar-refractivity contribution in [2.75, 3.05) is 13.7 Å². The van der Waals surface area contributed by atoms with Crippen LogP contribution in [0, 0.1) is 5.92 Å². The number of methoxy groups -OCH3 is 1. The SMILES string of the molecule is COC(=O)c1ccc(C=C(CO)C(C)C)o1. The van der Waals surface area contributed by atoms with E-state index in [9.17, 15) is 4.79 Å². The number of esters is 1. The standard InChI is InChI=1S/C12H16O4/c1-8(2)9(7-13)6-10-4-5-11(16-10)12(14)15-3/h4-6,8,13H,7H2,1-3H3. The van der Waals surface area contributed by atoms with E-state index >= 15 is 0 Å². The first kappa shape index (κ1) is 12.5. The first-order valence-corrected chi connectivity index (χ1v) is 5.08. The first-order valence-electron chi connectivity index (χ1n) is 5.08.